The van der Waals surface area contributed by atoms with Crippen LogP contribution in [0, 0.1) is 0 Å². The predicted molar refractivity (Wildman–Crippen MR) is 110 cm³/mol. The maximum Gasteiger partial charge on any atom is 0.251 e. The largest absolute Gasteiger partial charge is 0.352 e. The van der Waals surface area contributed by atoms with Crippen LogP contribution in [0.2, 0.25) is 0 Å². The van der Waals surface area contributed by atoms with E-state index in [2.05, 4.69) is 26.0 Å². The van der Waals surface area contributed by atoms with Crippen LogP contribution in [0.1, 0.15) is 47.8 Å². The lowest BCUT2D eigenvalue weighted by Crippen LogP contribution is -2.27. The lowest BCUT2D eigenvalue weighted by molar-refractivity contribution is -0.116. The van der Waals surface area contributed by atoms with Crippen LogP contribution >= 0.6 is 12.4 Å². The predicted octanol–water partition coefficient (Wildman–Crippen LogP) is 1.85. The maximum absolute atomic E-state index is 12.1. The highest BCUT2D eigenvalue weighted by atomic mass is 35.5. The summed E-state index contributed by atoms with van der Waals surface area (Å²) in [5.74, 6) is 1.36. The van der Waals surface area contributed by atoms with Crippen LogP contribution in [-0.4, -0.2) is 46.2 Å². The first-order valence-electron chi connectivity index (χ1n) is 9.38. The number of rotatable bonds is 7. The maximum atomic E-state index is 12.1. The standard InChI is InChI=1S/C19H26N6O2.ClH/c1-25-19(23-17(24-25)14-9-12-20-13-10-14)22-16(26)8-5-11-21-18(27)15-6-3-2-4-7-15;/h2-4,6-7,14,20H,5,8-13H2,1H3,(H,21,27)(H,22,23,24,26);1H. The second-order valence-corrected chi connectivity index (χ2v) is 6.72. The van der Waals surface area contributed by atoms with E-state index in [1.54, 1.807) is 23.9 Å². The summed E-state index contributed by atoms with van der Waals surface area (Å²) in [6, 6.07) is 9.03. The van der Waals surface area contributed by atoms with Gasteiger partial charge in [-0.15, -0.1) is 12.4 Å². The first-order chi connectivity index (χ1) is 13.1. The van der Waals surface area contributed by atoms with Crippen LogP contribution in [0.25, 0.3) is 0 Å². The van der Waals surface area contributed by atoms with Crippen LogP contribution in [0.15, 0.2) is 30.3 Å². The zero-order valence-corrected chi connectivity index (χ0v) is 16.8. The Morgan fingerprint density at radius 1 is 1.21 bits per heavy atom. The molecule has 152 valence electrons. The molecule has 3 rings (SSSR count). The van der Waals surface area contributed by atoms with Gasteiger partial charge in [-0.1, -0.05) is 18.2 Å². The summed E-state index contributed by atoms with van der Waals surface area (Å²) in [6.45, 7) is 2.39. The number of nitrogens with one attached hydrogen (secondary N) is 3. The molecule has 28 heavy (non-hydrogen) atoms. The van der Waals surface area contributed by atoms with Crippen molar-refractivity contribution in [3.8, 4) is 0 Å². The Kier molecular flexibility index (Phi) is 8.41. The van der Waals surface area contributed by atoms with Gasteiger partial charge in [0.1, 0.15) is 0 Å². The van der Waals surface area contributed by atoms with Gasteiger partial charge in [0, 0.05) is 31.5 Å². The molecule has 1 fully saturated rings. The smallest absolute Gasteiger partial charge is 0.251 e. The van der Waals surface area contributed by atoms with Gasteiger partial charge in [-0.3, -0.25) is 14.9 Å². The number of piperidine rings is 1. The fourth-order valence-electron chi connectivity index (χ4n) is 3.10. The molecule has 0 saturated carbocycles. The zero-order valence-electron chi connectivity index (χ0n) is 16.0. The molecule has 0 aliphatic carbocycles. The third-order valence-electron chi connectivity index (χ3n) is 4.64. The van der Waals surface area contributed by atoms with E-state index in [9.17, 15) is 9.59 Å². The molecule has 1 saturated heterocycles. The Labute approximate surface area is 170 Å². The van der Waals surface area contributed by atoms with Crippen molar-refractivity contribution in [1.82, 2.24) is 25.4 Å². The lowest BCUT2D eigenvalue weighted by atomic mass is 9.98. The quantitative estimate of drug-likeness (QED) is 0.609. The van der Waals surface area contributed by atoms with E-state index in [1.807, 2.05) is 18.2 Å². The van der Waals surface area contributed by atoms with E-state index in [0.29, 0.717) is 36.8 Å². The second kappa shape index (κ2) is 10.8. The molecule has 9 heteroatoms. The number of carbonyl (C=O) groups excluding carboxylic acids is 2. The van der Waals surface area contributed by atoms with Crippen molar-refractivity contribution in [2.24, 2.45) is 7.05 Å². The Morgan fingerprint density at radius 2 is 1.93 bits per heavy atom. The minimum atomic E-state index is -0.129. The Morgan fingerprint density at radius 3 is 2.64 bits per heavy atom. The highest BCUT2D eigenvalue weighted by Gasteiger charge is 2.21. The number of anilines is 1. The molecule has 0 atom stereocenters. The zero-order chi connectivity index (χ0) is 19.1. The van der Waals surface area contributed by atoms with E-state index in [1.165, 1.54) is 0 Å². The summed E-state index contributed by atoms with van der Waals surface area (Å²) >= 11 is 0. The summed E-state index contributed by atoms with van der Waals surface area (Å²) in [4.78, 5) is 28.6. The summed E-state index contributed by atoms with van der Waals surface area (Å²) in [7, 11) is 1.78. The van der Waals surface area contributed by atoms with Crippen molar-refractivity contribution in [3.05, 3.63) is 41.7 Å². The Hall–Kier alpha value is -2.45. The molecule has 1 aromatic carbocycles. The minimum absolute atomic E-state index is 0. The molecule has 1 aliphatic heterocycles. The number of benzene rings is 1. The van der Waals surface area contributed by atoms with Crippen molar-refractivity contribution in [2.75, 3.05) is 25.0 Å². The number of nitrogens with zero attached hydrogens (tertiary/aromatic N) is 3. The van der Waals surface area contributed by atoms with Gasteiger partial charge in [-0.05, 0) is 44.5 Å². The molecule has 1 aromatic heterocycles. The van der Waals surface area contributed by atoms with Gasteiger partial charge in [-0.2, -0.15) is 10.1 Å². The highest BCUT2D eigenvalue weighted by molar-refractivity contribution is 5.94. The van der Waals surface area contributed by atoms with Gasteiger partial charge in [-0.25, -0.2) is 4.68 Å². The first kappa shape index (κ1) is 21.8. The SMILES string of the molecule is Cl.Cn1nc(C2CCNCC2)nc1NC(=O)CCCNC(=O)c1ccccc1. The van der Waals surface area contributed by atoms with E-state index in [0.717, 1.165) is 31.8 Å². The number of aryl methyl sites for hydroxylation is 1. The average Bonchev–Trinajstić information content (AvgIpc) is 3.07. The van der Waals surface area contributed by atoms with E-state index < -0.39 is 0 Å². The molecule has 3 N–H and O–H groups in total. The van der Waals surface area contributed by atoms with Crippen molar-refractivity contribution in [2.45, 2.75) is 31.6 Å². The van der Waals surface area contributed by atoms with Crippen LogP contribution in [0.3, 0.4) is 0 Å². The monoisotopic (exact) mass is 406 g/mol. The van der Waals surface area contributed by atoms with Crippen LogP contribution < -0.4 is 16.0 Å². The summed E-state index contributed by atoms with van der Waals surface area (Å²) in [5.41, 5.74) is 0.617. The highest BCUT2D eigenvalue weighted by Crippen LogP contribution is 2.23. The summed E-state index contributed by atoms with van der Waals surface area (Å²) < 4.78 is 1.62. The molecule has 0 radical (unpaired) electrons. The van der Waals surface area contributed by atoms with Gasteiger partial charge >= 0.3 is 0 Å². The average molecular weight is 407 g/mol. The third kappa shape index (κ3) is 6.03. The molecule has 2 aromatic rings. The summed E-state index contributed by atoms with van der Waals surface area (Å²) in [6.07, 6.45) is 2.89. The fourth-order valence-corrected chi connectivity index (χ4v) is 3.10. The number of aromatic nitrogens is 3. The van der Waals surface area contributed by atoms with Gasteiger partial charge < -0.3 is 10.6 Å². The van der Waals surface area contributed by atoms with E-state index in [4.69, 9.17) is 0 Å². The van der Waals surface area contributed by atoms with Gasteiger partial charge in [0.2, 0.25) is 11.9 Å². The number of carbonyl (C=O) groups is 2. The normalized spacial score (nSPS) is 14.2. The van der Waals surface area contributed by atoms with E-state index >= 15 is 0 Å². The van der Waals surface area contributed by atoms with Crippen molar-refractivity contribution in [3.63, 3.8) is 0 Å². The van der Waals surface area contributed by atoms with Crippen LogP contribution in [0.4, 0.5) is 5.95 Å². The number of hydrogen-bond acceptors (Lipinski definition) is 5. The van der Waals surface area contributed by atoms with Gasteiger partial charge in [0.25, 0.3) is 5.91 Å². The van der Waals surface area contributed by atoms with Crippen LogP contribution in [0.5, 0.6) is 0 Å². The lowest BCUT2D eigenvalue weighted by Gasteiger charge is -2.19. The van der Waals surface area contributed by atoms with Gasteiger partial charge in [0.05, 0.1) is 0 Å². The van der Waals surface area contributed by atoms with E-state index in [-0.39, 0.29) is 24.2 Å². The van der Waals surface area contributed by atoms with Crippen LogP contribution in [-0.2, 0) is 11.8 Å². The number of halogens is 1. The topological polar surface area (TPSA) is 101 Å². The molecule has 0 spiro atoms. The molecule has 8 nitrogen and oxygen atoms in total. The molecule has 1 aliphatic rings. The van der Waals surface area contributed by atoms with Crippen molar-refractivity contribution >= 4 is 30.2 Å². The molecule has 2 heterocycles. The third-order valence-corrected chi connectivity index (χ3v) is 4.64. The molecule has 0 bridgehead atoms. The Bertz CT molecular complexity index is 774. The fraction of sp³-hybridized carbons (Fsp3) is 0.474. The molecule has 0 unspecified atom stereocenters. The number of hydrogen-bond donors (Lipinski definition) is 3. The number of amides is 2. The first-order valence-corrected chi connectivity index (χ1v) is 9.38. The minimum Gasteiger partial charge on any atom is -0.352 e. The summed E-state index contributed by atoms with van der Waals surface area (Å²) in [5, 5.41) is 13.4. The molecular formula is C19H27ClN6O2. The molecular weight excluding hydrogens is 380 g/mol. The second-order valence-electron chi connectivity index (χ2n) is 6.72. The van der Waals surface area contributed by atoms with Crippen molar-refractivity contribution in [1.29, 1.82) is 0 Å². The van der Waals surface area contributed by atoms with Gasteiger partial charge in [0.15, 0.2) is 5.82 Å². The van der Waals surface area contributed by atoms with Crippen molar-refractivity contribution < 1.29 is 9.59 Å². The molecule has 2 amide bonds. The Balaban J connectivity index is 0.00000280.